The van der Waals surface area contributed by atoms with Crippen LogP contribution in [-0.4, -0.2) is 35.8 Å². The van der Waals surface area contributed by atoms with E-state index in [1.807, 2.05) is 0 Å². The fraction of sp³-hybridized carbons (Fsp3) is 0.286. The molecule has 0 aromatic heterocycles. The molecule has 102 valence electrons. The van der Waals surface area contributed by atoms with Gasteiger partial charge < -0.3 is 9.47 Å². The van der Waals surface area contributed by atoms with Crippen LogP contribution in [-0.2, 0) is 19.1 Å². The lowest BCUT2D eigenvalue weighted by molar-refractivity contribution is -0.135. The highest BCUT2D eigenvalue weighted by molar-refractivity contribution is 6.15. The molecule has 2 aliphatic heterocycles. The van der Waals surface area contributed by atoms with Crippen molar-refractivity contribution in [1.82, 2.24) is 0 Å². The average Bonchev–Trinajstić information content (AvgIpc) is 2.94. The first-order valence-corrected chi connectivity index (χ1v) is 6.25. The van der Waals surface area contributed by atoms with Crippen LogP contribution >= 0.6 is 0 Å². The molecule has 6 nitrogen and oxygen atoms in total. The van der Waals surface area contributed by atoms with Crippen molar-refractivity contribution >= 4 is 23.7 Å². The lowest BCUT2D eigenvalue weighted by atomic mass is 10.1. The van der Waals surface area contributed by atoms with Crippen molar-refractivity contribution in [2.24, 2.45) is 9.98 Å². The molecular weight excluding hydrogens is 260 g/mol. The van der Waals surface area contributed by atoms with Crippen molar-refractivity contribution < 1.29 is 19.1 Å². The summed E-state index contributed by atoms with van der Waals surface area (Å²) in [6.45, 7) is 3.32. The summed E-state index contributed by atoms with van der Waals surface area (Å²) >= 11 is 0. The van der Waals surface area contributed by atoms with E-state index in [1.54, 1.807) is 38.1 Å². The molecule has 20 heavy (non-hydrogen) atoms. The summed E-state index contributed by atoms with van der Waals surface area (Å²) in [6.07, 6.45) is 0. The van der Waals surface area contributed by atoms with Gasteiger partial charge in [-0.25, -0.2) is 19.6 Å². The number of aliphatic imine (C=N–C) groups is 2. The van der Waals surface area contributed by atoms with E-state index in [2.05, 4.69) is 9.98 Å². The lowest BCUT2D eigenvalue weighted by Gasteiger charge is -2.07. The molecule has 0 radical (unpaired) electrons. The Hall–Kier alpha value is -2.50. The summed E-state index contributed by atoms with van der Waals surface area (Å²) in [5, 5.41) is 0. The van der Waals surface area contributed by atoms with Crippen LogP contribution in [0, 0.1) is 0 Å². The number of rotatable bonds is 2. The van der Waals surface area contributed by atoms with Crippen LogP contribution in [0.4, 0.5) is 0 Å². The standard InChI is InChI=1S/C14H12N2O4/c1-7-13(17)19-11(15-7)9-5-3-4-6-10(9)12-16-8(2)14(18)20-12/h3-8H,1-2H3. The highest BCUT2D eigenvalue weighted by atomic mass is 16.6. The molecule has 0 aliphatic carbocycles. The number of benzene rings is 1. The molecule has 2 unspecified atom stereocenters. The van der Waals surface area contributed by atoms with Crippen LogP contribution in [0.5, 0.6) is 0 Å². The summed E-state index contributed by atoms with van der Waals surface area (Å²) in [6, 6.07) is 6.03. The Morgan fingerprint density at radius 3 is 1.55 bits per heavy atom. The molecule has 1 aromatic carbocycles. The Balaban J connectivity index is 2.02. The first-order valence-electron chi connectivity index (χ1n) is 6.25. The van der Waals surface area contributed by atoms with Gasteiger partial charge in [0.15, 0.2) is 0 Å². The van der Waals surface area contributed by atoms with Crippen LogP contribution in [0.15, 0.2) is 34.3 Å². The zero-order valence-corrected chi connectivity index (χ0v) is 11.0. The minimum atomic E-state index is -0.523. The Kier molecular flexibility index (Phi) is 2.85. The molecule has 2 heterocycles. The monoisotopic (exact) mass is 272 g/mol. The zero-order valence-electron chi connectivity index (χ0n) is 11.0. The topological polar surface area (TPSA) is 77.3 Å². The second-order valence-corrected chi connectivity index (χ2v) is 4.61. The largest absolute Gasteiger partial charge is 0.406 e. The predicted molar refractivity (Wildman–Crippen MR) is 70.6 cm³/mol. The molecule has 6 heteroatoms. The molecule has 0 amide bonds. The summed E-state index contributed by atoms with van der Waals surface area (Å²) in [5.41, 5.74) is 1.18. The van der Waals surface area contributed by atoms with Gasteiger partial charge in [0, 0.05) is 11.1 Å². The van der Waals surface area contributed by atoms with E-state index in [4.69, 9.17) is 9.47 Å². The maximum Gasteiger partial charge on any atom is 0.337 e. The molecule has 2 atom stereocenters. The highest BCUT2D eigenvalue weighted by Crippen LogP contribution is 2.21. The van der Waals surface area contributed by atoms with Gasteiger partial charge in [-0.2, -0.15) is 0 Å². The van der Waals surface area contributed by atoms with Crippen LogP contribution in [0.25, 0.3) is 0 Å². The molecule has 0 saturated carbocycles. The number of carbonyl (C=O) groups is 2. The maximum absolute atomic E-state index is 11.4. The van der Waals surface area contributed by atoms with E-state index < -0.39 is 24.0 Å². The fourth-order valence-electron chi connectivity index (χ4n) is 1.98. The minimum absolute atomic E-state index is 0.233. The molecule has 3 rings (SSSR count). The third-order valence-electron chi connectivity index (χ3n) is 3.09. The maximum atomic E-state index is 11.4. The summed E-state index contributed by atoms with van der Waals surface area (Å²) < 4.78 is 10.3. The Morgan fingerprint density at radius 2 is 1.25 bits per heavy atom. The number of nitrogens with zero attached hydrogens (tertiary/aromatic N) is 2. The van der Waals surface area contributed by atoms with Crippen molar-refractivity contribution in [3.8, 4) is 0 Å². The van der Waals surface area contributed by atoms with E-state index in [1.165, 1.54) is 0 Å². The number of cyclic esters (lactones) is 2. The first-order chi connectivity index (χ1) is 9.56. The molecule has 0 bridgehead atoms. The van der Waals surface area contributed by atoms with Crippen LogP contribution in [0.3, 0.4) is 0 Å². The quantitative estimate of drug-likeness (QED) is 0.754. The van der Waals surface area contributed by atoms with Gasteiger partial charge in [-0.3, -0.25) is 0 Å². The van der Waals surface area contributed by atoms with Gasteiger partial charge in [0.2, 0.25) is 11.8 Å². The van der Waals surface area contributed by atoms with E-state index in [0.29, 0.717) is 11.1 Å². The number of ether oxygens (including phenoxy) is 2. The predicted octanol–water partition coefficient (Wildman–Crippen LogP) is 1.07. The van der Waals surface area contributed by atoms with Gasteiger partial charge in [-0.1, -0.05) is 12.1 Å². The average molecular weight is 272 g/mol. The van der Waals surface area contributed by atoms with Crippen LogP contribution < -0.4 is 0 Å². The zero-order chi connectivity index (χ0) is 14.3. The van der Waals surface area contributed by atoms with E-state index in [-0.39, 0.29) is 11.8 Å². The second kappa shape index (κ2) is 4.56. The normalized spacial score (nSPS) is 25.1. The summed E-state index contributed by atoms with van der Waals surface area (Å²) in [5.74, 6) is -0.324. The van der Waals surface area contributed by atoms with Crippen molar-refractivity contribution in [2.75, 3.05) is 0 Å². The Bertz CT molecular complexity index is 606. The molecule has 0 spiro atoms. The third-order valence-corrected chi connectivity index (χ3v) is 3.09. The molecule has 2 aliphatic rings. The number of hydrogen-bond acceptors (Lipinski definition) is 6. The fourth-order valence-corrected chi connectivity index (χ4v) is 1.98. The van der Waals surface area contributed by atoms with Gasteiger partial charge in [0.1, 0.15) is 12.1 Å². The summed E-state index contributed by atoms with van der Waals surface area (Å²) in [4.78, 5) is 31.2. The van der Waals surface area contributed by atoms with Gasteiger partial charge >= 0.3 is 11.9 Å². The molecule has 0 saturated heterocycles. The van der Waals surface area contributed by atoms with Crippen molar-refractivity contribution in [2.45, 2.75) is 25.9 Å². The van der Waals surface area contributed by atoms with Gasteiger partial charge in [0.25, 0.3) is 0 Å². The molecular formula is C14H12N2O4. The van der Waals surface area contributed by atoms with Gasteiger partial charge in [-0.15, -0.1) is 0 Å². The smallest absolute Gasteiger partial charge is 0.337 e. The second-order valence-electron chi connectivity index (χ2n) is 4.61. The van der Waals surface area contributed by atoms with Crippen molar-refractivity contribution in [3.05, 3.63) is 35.4 Å². The van der Waals surface area contributed by atoms with E-state index in [9.17, 15) is 9.59 Å². The lowest BCUT2D eigenvalue weighted by Crippen LogP contribution is -2.15. The summed E-state index contributed by atoms with van der Waals surface area (Å²) in [7, 11) is 0. The van der Waals surface area contributed by atoms with Crippen molar-refractivity contribution in [3.63, 3.8) is 0 Å². The molecule has 0 fully saturated rings. The van der Waals surface area contributed by atoms with Gasteiger partial charge in [-0.05, 0) is 26.0 Å². The van der Waals surface area contributed by atoms with Gasteiger partial charge in [0.05, 0.1) is 0 Å². The number of esters is 2. The Labute approximate surface area is 115 Å². The minimum Gasteiger partial charge on any atom is -0.406 e. The highest BCUT2D eigenvalue weighted by Gasteiger charge is 2.31. The molecule has 1 aromatic rings. The third kappa shape index (κ3) is 1.99. The SMILES string of the molecule is CC1N=C(c2ccccc2C2=NC(C)C(=O)O2)OC1=O. The van der Waals surface area contributed by atoms with E-state index >= 15 is 0 Å². The van der Waals surface area contributed by atoms with E-state index in [0.717, 1.165) is 0 Å². The Morgan fingerprint density at radius 1 is 0.850 bits per heavy atom. The number of hydrogen-bond donors (Lipinski definition) is 0. The first kappa shape index (κ1) is 12.5. The van der Waals surface area contributed by atoms with Crippen LogP contribution in [0.2, 0.25) is 0 Å². The van der Waals surface area contributed by atoms with Crippen LogP contribution in [0.1, 0.15) is 25.0 Å². The molecule has 0 N–H and O–H groups in total. The number of carbonyl (C=O) groups excluding carboxylic acids is 2. The van der Waals surface area contributed by atoms with Crippen molar-refractivity contribution in [1.29, 1.82) is 0 Å².